The van der Waals surface area contributed by atoms with Crippen molar-refractivity contribution in [3.8, 4) is 5.75 Å². The molecular weight excluding hydrogens is 349 g/mol. The number of carbonyl (C=O) groups excluding carboxylic acids is 2. The van der Waals surface area contributed by atoms with Crippen LogP contribution in [0.5, 0.6) is 5.75 Å². The molecule has 0 bridgehead atoms. The van der Waals surface area contributed by atoms with Crippen LogP contribution in [0.1, 0.15) is 15.9 Å². The van der Waals surface area contributed by atoms with Crippen molar-refractivity contribution in [2.24, 2.45) is 0 Å². The molecule has 0 spiro atoms. The molecule has 1 aliphatic heterocycles. The molecule has 2 aromatic rings. The number of amides is 2. The van der Waals surface area contributed by atoms with Gasteiger partial charge in [0.15, 0.2) is 0 Å². The van der Waals surface area contributed by atoms with Gasteiger partial charge in [-0.15, -0.1) is 0 Å². The number of aromatic hydroxyl groups is 1. The van der Waals surface area contributed by atoms with Crippen molar-refractivity contribution >= 4 is 17.5 Å². The van der Waals surface area contributed by atoms with E-state index in [1.165, 1.54) is 30.3 Å². The second kappa shape index (κ2) is 8.18. The van der Waals surface area contributed by atoms with Gasteiger partial charge in [-0.3, -0.25) is 14.5 Å². The fourth-order valence-electron chi connectivity index (χ4n) is 3.04. The van der Waals surface area contributed by atoms with Gasteiger partial charge in [-0.05, 0) is 43.3 Å². The van der Waals surface area contributed by atoms with Gasteiger partial charge in [0.1, 0.15) is 11.6 Å². The first-order valence-corrected chi connectivity index (χ1v) is 8.79. The van der Waals surface area contributed by atoms with Gasteiger partial charge in [0.05, 0.1) is 12.1 Å². The van der Waals surface area contributed by atoms with Crippen LogP contribution < -0.4 is 5.32 Å². The van der Waals surface area contributed by atoms with E-state index in [-0.39, 0.29) is 29.9 Å². The number of carbonyl (C=O) groups is 2. The summed E-state index contributed by atoms with van der Waals surface area (Å²) in [5, 5.41) is 12.7. The van der Waals surface area contributed by atoms with Crippen LogP contribution in [0.25, 0.3) is 0 Å². The van der Waals surface area contributed by atoms with E-state index in [9.17, 15) is 19.1 Å². The molecule has 0 aliphatic carbocycles. The lowest BCUT2D eigenvalue weighted by atomic mass is 10.1. The van der Waals surface area contributed by atoms with Crippen LogP contribution in [-0.4, -0.2) is 59.4 Å². The Morgan fingerprint density at radius 3 is 2.41 bits per heavy atom. The Labute approximate surface area is 157 Å². The zero-order valence-electron chi connectivity index (χ0n) is 15.1. The number of piperazine rings is 1. The topological polar surface area (TPSA) is 72.9 Å². The van der Waals surface area contributed by atoms with Crippen molar-refractivity contribution in [2.75, 3.05) is 38.0 Å². The van der Waals surface area contributed by atoms with Crippen LogP contribution >= 0.6 is 0 Å². The molecule has 6 nitrogen and oxygen atoms in total. The second-order valence-electron chi connectivity index (χ2n) is 6.64. The molecule has 0 radical (unpaired) electrons. The summed E-state index contributed by atoms with van der Waals surface area (Å²) in [6.45, 7) is 4.17. The summed E-state index contributed by atoms with van der Waals surface area (Å²) in [6.07, 6.45) is 0. The van der Waals surface area contributed by atoms with E-state index >= 15 is 0 Å². The molecule has 1 heterocycles. The van der Waals surface area contributed by atoms with Crippen molar-refractivity contribution < 1.29 is 19.1 Å². The number of rotatable bonds is 4. The lowest BCUT2D eigenvalue weighted by molar-refractivity contribution is -0.117. The third-order valence-electron chi connectivity index (χ3n) is 4.54. The van der Waals surface area contributed by atoms with E-state index in [0.29, 0.717) is 37.4 Å². The van der Waals surface area contributed by atoms with E-state index in [1.54, 1.807) is 17.0 Å². The Morgan fingerprint density at radius 2 is 1.74 bits per heavy atom. The standard InChI is InChI=1S/C20H22FN3O3/c1-14-2-7-18(25)17(12-14)20(27)24-10-8-23(9-11-24)13-19(26)22-16-5-3-15(21)4-6-16/h2-7,12,25H,8-11,13H2,1H3,(H,22,26). The van der Waals surface area contributed by atoms with Gasteiger partial charge in [-0.1, -0.05) is 11.6 Å². The molecule has 1 aliphatic rings. The van der Waals surface area contributed by atoms with Crippen molar-refractivity contribution in [2.45, 2.75) is 6.92 Å². The minimum Gasteiger partial charge on any atom is -0.507 e. The molecule has 0 aromatic heterocycles. The summed E-state index contributed by atoms with van der Waals surface area (Å²) in [5.74, 6) is -0.760. The number of nitrogens with zero attached hydrogens (tertiary/aromatic N) is 2. The summed E-state index contributed by atoms with van der Waals surface area (Å²) >= 11 is 0. The van der Waals surface area contributed by atoms with Crippen molar-refractivity contribution in [1.82, 2.24) is 9.80 Å². The van der Waals surface area contributed by atoms with Gasteiger partial charge < -0.3 is 15.3 Å². The summed E-state index contributed by atoms with van der Waals surface area (Å²) in [7, 11) is 0. The van der Waals surface area contributed by atoms with E-state index in [4.69, 9.17) is 0 Å². The molecule has 2 amide bonds. The molecule has 0 saturated carbocycles. The SMILES string of the molecule is Cc1ccc(O)c(C(=O)N2CCN(CC(=O)Nc3ccc(F)cc3)CC2)c1. The van der Waals surface area contributed by atoms with Crippen LogP contribution in [0.4, 0.5) is 10.1 Å². The lowest BCUT2D eigenvalue weighted by Crippen LogP contribution is -2.50. The number of phenolic OH excluding ortho intramolecular Hbond substituents is 1. The molecule has 7 heteroatoms. The van der Waals surface area contributed by atoms with Crippen molar-refractivity contribution in [3.63, 3.8) is 0 Å². The smallest absolute Gasteiger partial charge is 0.257 e. The highest BCUT2D eigenvalue weighted by Crippen LogP contribution is 2.21. The third-order valence-corrected chi connectivity index (χ3v) is 4.54. The van der Waals surface area contributed by atoms with Gasteiger partial charge in [0, 0.05) is 31.9 Å². The number of benzene rings is 2. The Kier molecular flexibility index (Phi) is 5.71. The minimum atomic E-state index is -0.353. The molecule has 142 valence electrons. The number of hydrogen-bond acceptors (Lipinski definition) is 4. The molecule has 0 atom stereocenters. The highest BCUT2D eigenvalue weighted by Gasteiger charge is 2.25. The lowest BCUT2D eigenvalue weighted by Gasteiger charge is -2.34. The highest BCUT2D eigenvalue weighted by molar-refractivity contribution is 5.97. The molecule has 1 fully saturated rings. The van der Waals surface area contributed by atoms with Gasteiger partial charge in [0.25, 0.3) is 5.91 Å². The highest BCUT2D eigenvalue weighted by atomic mass is 19.1. The summed E-state index contributed by atoms with van der Waals surface area (Å²) in [5.41, 5.74) is 1.76. The second-order valence-corrected chi connectivity index (χ2v) is 6.64. The van der Waals surface area contributed by atoms with Gasteiger partial charge >= 0.3 is 0 Å². The first-order chi connectivity index (χ1) is 12.9. The molecule has 27 heavy (non-hydrogen) atoms. The summed E-state index contributed by atoms with van der Waals surface area (Å²) in [4.78, 5) is 28.4. The maximum absolute atomic E-state index is 12.9. The number of halogens is 1. The average molecular weight is 371 g/mol. The van der Waals surface area contributed by atoms with Gasteiger partial charge in [0.2, 0.25) is 5.91 Å². The Balaban J connectivity index is 1.51. The summed E-state index contributed by atoms with van der Waals surface area (Å²) in [6, 6.07) is 10.6. The predicted molar refractivity (Wildman–Crippen MR) is 100 cm³/mol. The first kappa shape index (κ1) is 18.8. The van der Waals surface area contributed by atoms with E-state index < -0.39 is 0 Å². The van der Waals surface area contributed by atoms with E-state index in [2.05, 4.69) is 5.32 Å². The van der Waals surface area contributed by atoms with E-state index in [0.717, 1.165) is 5.56 Å². The first-order valence-electron chi connectivity index (χ1n) is 8.79. The quantitative estimate of drug-likeness (QED) is 0.865. The van der Waals surface area contributed by atoms with Gasteiger partial charge in [-0.2, -0.15) is 0 Å². The molecule has 1 saturated heterocycles. The van der Waals surface area contributed by atoms with Crippen molar-refractivity contribution in [3.05, 3.63) is 59.4 Å². The molecule has 3 rings (SSSR count). The number of hydrogen-bond donors (Lipinski definition) is 2. The molecule has 0 unspecified atom stereocenters. The monoisotopic (exact) mass is 371 g/mol. The Bertz CT molecular complexity index is 831. The third kappa shape index (κ3) is 4.83. The van der Waals surface area contributed by atoms with Crippen molar-refractivity contribution in [1.29, 1.82) is 0 Å². The van der Waals surface area contributed by atoms with Crippen LogP contribution in [-0.2, 0) is 4.79 Å². The number of aryl methyl sites for hydroxylation is 1. The summed E-state index contributed by atoms with van der Waals surface area (Å²) < 4.78 is 12.9. The number of nitrogens with one attached hydrogen (secondary N) is 1. The maximum atomic E-state index is 12.9. The fourth-order valence-corrected chi connectivity index (χ4v) is 3.04. The molecular formula is C20H22FN3O3. The Morgan fingerprint density at radius 1 is 1.07 bits per heavy atom. The van der Waals surface area contributed by atoms with Crippen LogP contribution in [0.15, 0.2) is 42.5 Å². The maximum Gasteiger partial charge on any atom is 0.257 e. The zero-order valence-corrected chi connectivity index (χ0v) is 15.1. The van der Waals surface area contributed by atoms with Crippen LogP contribution in [0.2, 0.25) is 0 Å². The molecule has 2 N–H and O–H groups in total. The fraction of sp³-hybridized carbons (Fsp3) is 0.300. The van der Waals surface area contributed by atoms with Crippen LogP contribution in [0, 0.1) is 12.7 Å². The number of phenols is 1. The van der Waals surface area contributed by atoms with E-state index in [1.807, 2.05) is 11.8 Å². The van der Waals surface area contributed by atoms with Crippen LogP contribution in [0.3, 0.4) is 0 Å². The average Bonchev–Trinajstić information content (AvgIpc) is 2.65. The molecule has 2 aromatic carbocycles. The normalized spacial score (nSPS) is 14.8. The number of anilines is 1. The predicted octanol–water partition coefficient (Wildman–Crippen LogP) is 2.24. The minimum absolute atomic E-state index is 0.0216. The zero-order chi connectivity index (χ0) is 19.4. The largest absolute Gasteiger partial charge is 0.507 e. The Hall–Kier alpha value is -2.93. The van der Waals surface area contributed by atoms with Gasteiger partial charge in [-0.25, -0.2) is 4.39 Å².